The number of carbonyl (C=O) groups excluding carboxylic acids is 1. The molecule has 0 bridgehead atoms. The quantitative estimate of drug-likeness (QED) is 0.587. The SMILES string of the molecule is CC1(C)C(NC(=O)c2ccc(N3CCC(C(=O)O)CC3)nc2)C(C)(C)C1Oc1ccc(C#N)c(Cl)c1. The van der Waals surface area contributed by atoms with Crippen molar-refractivity contribution in [3.05, 3.63) is 52.7 Å². The van der Waals surface area contributed by atoms with E-state index < -0.39 is 5.97 Å². The summed E-state index contributed by atoms with van der Waals surface area (Å²) in [7, 11) is 0. The number of aliphatic carboxylic acids is 1. The maximum Gasteiger partial charge on any atom is 0.306 e. The first-order chi connectivity index (χ1) is 16.9. The van der Waals surface area contributed by atoms with E-state index in [0.717, 1.165) is 5.82 Å². The number of nitrogens with one attached hydrogen (secondary N) is 1. The summed E-state index contributed by atoms with van der Waals surface area (Å²) in [5.74, 6) is 0.0768. The van der Waals surface area contributed by atoms with Gasteiger partial charge in [-0.2, -0.15) is 5.26 Å². The molecular weight excluding hydrogens is 480 g/mol. The van der Waals surface area contributed by atoms with E-state index in [1.165, 1.54) is 0 Å². The van der Waals surface area contributed by atoms with Crippen LogP contribution in [-0.4, -0.2) is 47.2 Å². The fourth-order valence-corrected chi connectivity index (χ4v) is 6.09. The van der Waals surface area contributed by atoms with Crippen molar-refractivity contribution >= 4 is 29.3 Å². The molecule has 1 aromatic heterocycles. The Balaban J connectivity index is 1.40. The van der Waals surface area contributed by atoms with Gasteiger partial charge in [-0.3, -0.25) is 9.59 Å². The van der Waals surface area contributed by atoms with Crippen molar-refractivity contribution in [3.63, 3.8) is 0 Å². The second-order valence-electron chi connectivity index (χ2n) is 10.8. The molecule has 1 saturated heterocycles. The molecule has 0 radical (unpaired) electrons. The van der Waals surface area contributed by atoms with E-state index in [0.29, 0.717) is 47.8 Å². The minimum Gasteiger partial charge on any atom is -0.489 e. The molecule has 2 aliphatic rings. The highest BCUT2D eigenvalue weighted by Gasteiger charge is 2.64. The number of hydrogen-bond acceptors (Lipinski definition) is 6. The van der Waals surface area contributed by atoms with Gasteiger partial charge < -0.3 is 20.1 Å². The number of piperidine rings is 1. The lowest BCUT2D eigenvalue weighted by Gasteiger charge is -2.63. The topological polar surface area (TPSA) is 116 Å². The molecular formula is C27H31ClN4O4. The van der Waals surface area contributed by atoms with Crippen molar-refractivity contribution in [2.24, 2.45) is 16.7 Å². The molecule has 2 heterocycles. The predicted octanol–water partition coefficient (Wildman–Crippen LogP) is 4.52. The maximum atomic E-state index is 13.1. The molecule has 0 atom stereocenters. The molecule has 0 unspecified atom stereocenters. The molecule has 9 heteroatoms. The average Bonchev–Trinajstić information content (AvgIpc) is 2.85. The van der Waals surface area contributed by atoms with Crippen molar-refractivity contribution in [1.82, 2.24) is 10.3 Å². The monoisotopic (exact) mass is 510 g/mol. The average molecular weight is 511 g/mol. The van der Waals surface area contributed by atoms with Crippen LogP contribution in [-0.2, 0) is 4.79 Å². The third-order valence-corrected chi connectivity index (χ3v) is 7.92. The largest absolute Gasteiger partial charge is 0.489 e. The lowest BCUT2D eigenvalue weighted by Crippen LogP contribution is -2.74. The molecule has 1 amide bonds. The number of nitrogens with zero attached hydrogens (tertiary/aromatic N) is 3. The summed E-state index contributed by atoms with van der Waals surface area (Å²) in [6.07, 6.45) is 2.55. The summed E-state index contributed by atoms with van der Waals surface area (Å²) in [5, 5.41) is 21.8. The van der Waals surface area contributed by atoms with Crippen molar-refractivity contribution in [1.29, 1.82) is 5.26 Å². The van der Waals surface area contributed by atoms with Crippen LogP contribution < -0.4 is 15.0 Å². The second-order valence-corrected chi connectivity index (χ2v) is 11.2. The van der Waals surface area contributed by atoms with Crippen molar-refractivity contribution in [2.45, 2.75) is 52.7 Å². The van der Waals surface area contributed by atoms with Gasteiger partial charge in [0.15, 0.2) is 0 Å². The number of ether oxygens (including phenoxy) is 1. The summed E-state index contributed by atoms with van der Waals surface area (Å²) in [5.41, 5.74) is 0.141. The lowest BCUT2D eigenvalue weighted by atomic mass is 9.49. The predicted molar refractivity (Wildman–Crippen MR) is 136 cm³/mol. The Bertz CT molecular complexity index is 1180. The number of amides is 1. The van der Waals surface area contributed by atoms with Gasteiger partial charge in [-0.05, 0) is 37.1 Å². The summed E-state index contributed by atoms with van der Waals surface area (Å²) in [4.78, 5) is 30.8. The number of carboxylic acid groups (broad SMARTS) is 1. The molecule has 2 fully saturated rings. The Kier molecular flexibility index (Phi) is 6.89. The summed E-state index contributed by atoms with van der Waals surface area (Å²) < 4.78 is 6.28. The number of nitriles is 1. The van der Waals surface area contributed by atoms with E-state index in [9.17, 15) is 14.7 Å². The molecule has 1 saturated carbocycles. The van der Waals surface area contributed by atoms with Gasteiger partial charge in [-0.25, -0.2) is 4.98 Å². The number of carboxylic acids is 1. The standard InChI is InChI=1S/C27H31ClN4O4/c1-26(2)24(27(3,4)25(26)36-19-7-5-17(14-29)20(28)13-19)31-22(33)18-6-8-21(30-15-18)32-11-9-16(10-12-32)23(34)35/h5-8,13,15-16,24-25H,9-12H2,1-4H3,(H,31,33)(H,34,35). The molecule has 190 valence electrons. The van der Waals surface area contributed by atoms with Crippen LogP contribution >= 0.6 is 11.6 Å². The van der Waals surface area contributed by atoms with E-state index in [1.54, 1.807) is 30.5 Å². The second kappa shape index (κ2) is 9.62. The molecule has 4 rings (SSSR count). The maximum absolute atomic E-state index is 13.1. The summed E-state index contributed by atoms with van der Waals surface area (Å²) >= 11 is 6.17. The minimum absolute atomic E-state index is 0.147. The smallest absolute Gasteiger partial charge is 0.306 e. The van der Waals surface area contributed by atoms with Crippen LogP contribution in [0.4, 0.5) is 5.82 Å². The first-order valence-electron chi connectivity index (χ1n) is 12.1. The molecule has 1 aliphatic heterocycles. The fraction of sp³-hybridized carbons (Fsp3) is 0.481. The van der Waals surface area contributed by atoms with Gasteiger partial charge in [0.2, 0.25) is 0 Å². The van der Waals surface area contributed by atoms with Gasteiger partial charge >= 0.3 is 5.97 Å². The number of carbonyl (C=O) groups is 2. The van der Waals surface area contributed by atoms with Crippen molar-refractivity contribution in [3.8, 4) is 11.8 Å². The highest BCUT2D eigenvalue weighted by atomic mass is 35.5. The van der Waals surface area contributed by atoms with Crippen LogP contribution in [0.2, 0.25) is 5.02 Å². The molecule has 1 aromatic carbocycles. The summed E-state index contributed by atoms with van der Waals surface area (Å²) in [6.45, 7) is 9.49. The number of halogens is 1. The zero-order chi connectivity index (χ0) is 26.3. The third-order valence-electron chi connectivity index (χ3n) is 7.61. The van der Waals surface area contributed by atoms with Crippen LogP contribution in [0.1, 0.15) is 56.5 Å². The van der Waals surface area contributed by atoms with Crippen molar-refractivity contribution in [2.75, 3.05) is 18.0 Å². The zero-order valence-corrected chi connectivity index (χ0v) is 21.7. The molecule has 8 nitrogen and oxygen atoms in total. The van der Waals surface area contributed by atoms with Gasteiger partial charge in [0.1, 0.15) is 23.7 Å². The van der Waals surface area contributed by atoms with Gasteiger partial charge in [-0.15, -0.1) is 0 Å². The Labute approximate surface area is 216 Å². The fourth-order valence-electron chi connectivity index (χ4n) is 5.87. The Morgan fingerprint density at radius 2 is 1.83 bits per heavy atom. The highest BCUT2D eigenvalue weighted by Crippen LogP contribution is 2.55. The Hall–Kier alpha value is -3.31. The first-order valence-corrected chi connectivity index (χ1v) is 12.4. The molecule has 36 heavy (non-hydrogen) atoms. The number of pyridine rings is 1. The van der Waals surface area contributed by atoms with Crippen molar-refractivity contribution < 1.29 is 19.4 Å². The van der Waals surface area contributed by atoms with Gasteiger partial charge in [0.25, 0.3) is 5.91 Å². The van der Waals surface area contributed by atoms with Gasteiger partial charge in [0, 0.05) is 42.2 Å². The van der Waals surface area contributed by atoms with Crippen LogP contribution in [0.5, 0.6) is 5.75 Å². The van der Waals surface area contributed by atoms with Gasteiger partial charge in [0.05, 0.1) is 22.1 Å². The minimum atomic E-state index is -0.746. The number of hydrogen-bond donors (Lipinski definition) is 2. The Morgan fingerprint density at radius 3 is 2.36 bits per heavy atom. The first kappa shape index (κ1) is 25.8. The van der Waals surface area contributed by atoms with Crippen LogP contribution in [0.3, 0.4) is 0 Å². The molecule has 1 aliphatic carbocycles. The van der Waals surface area contributed by atoms with Crippen LogP contribution in [0.25, 0.3) is 0 Å². The van der Waals surface area contributed by atoms with E-state index in [4.69, 9.17) is 21.6 Å². The zero-order valence-electron chi connectivity index (χ0n) is 20.9. The number of anilines is 1. The lowest BCUT2D eigenvalue weighted by molar-refractivity contribution is -0.164. The van der Waals surface area contributed by atoms with E-state index >= 15 is 0 Å². The molecule has 2 N–H and O–H groups in total. The summed E-state index contributed by atoms with van der Waals surface area (Å²) in [6, 6.07) is 10.5. The number of aromatic nitrogens is 1. The van der Waals surface area contributed by atoms with Crippen LogP contribution in [0, 0.1) is 28.1 Å². The molecule has 2 aromatic rings. The van der Waals surface area contributed by atoms with E-state index in [-0.39, 0.29) is 34.8 Å². The molecule has 0 spiro atoms. The highest BCUT2D eigenvalue weighted by molar-refractivity contribution is 6.31. The Morgan fingerprint density at radius 1 is 1.17 bits per heavy atom. The number of benzene rings is 1. The third kappa shape index (κ3) is 4.72. The van der Waals surface area contributed by atoms with E-state index in [1.807, 2.05) is 12.1 Å². The normalized spacial score (nSPS) is 22.7. The van der Waals surface area contributed by atoms with Crippen LogP contribution in [0.15, 0.2) is 36.5 Å². The van der Waals surface area contributed by atoms with E-state index in [2.05, 4.69) is 42.9 Å². The van der Waals surface area contributed by atoms with Gasteiger partial charge in [-0.1, -0.05) is 39.3 Å². The number of rotatable bonds is 6.